The number of benzene rings is 1. The molecule has 0 saturated heterocycles. The number of H-pyrrole nitrogens is 1. The van der Waals surface area contributed by atoms with E-state index in [4.69, 9.17) is 0 Å². The minimum atomic E-state index is -0.299. The summed E-state index contributed by atoms with van der Waals surface area (Å²) in [6.45, 7) is 7.40. The van der Waals surface area contributed by atoms with Crippen LogP contribution in [-0.4, -0.2) is 31.4 Å². The first kappa shape index (κ1) is 17.8. The molecule has 0 fully saturated rings. The Morgan fingerprint density at radius 1 is 1.35 bits per heavy atom. The van der Waals surface area contributed by atoms with Gasteiger partial charge in [-0.2, -0.15) is 5.10 Å². The number of rotatable bonds is 6. The van der Waals surface area contributed by atoms with Gasteiger partial charge >= 0.3 is 0 Å². The highest BCUT2D eigenvalue weighted by Gasteiger charge is 2.18. The molecule has 0 aliphatic rings. The highest BCUT2D eigenvalue weighted by atomic mass is 16.2. The van der Waals surface area contributed by atoms with Crippen molar-refractivity contribution < 1.29 is 9.59 Å². The van der Waals surface area contributed by atoms with Gasteiger partial charge in [-0.3, -0.25) is 14.7 Å². The molecule has 1 unspecified atom stereocenters. The molecule has 2 aromatic heterocycles. The number of hydrogen-bond donors (Lipinski definition) is 2. The number of nitrogens with zero attached hydrogens (tertiary/aromatic N) is 3. The molecule has 0 aliphatic carbocycles. The molecule has 1 atom stereocenters. The summed E-state index contributed by atoms with van der Waals surface area (Å²) in [6.07, 6.45) is 2.60. The molecule has 0 spiro atoms. The van der Waals surface area contributed by atoms with Gasteiger partial charge in [0.25, 0.3) is 0 Å². The molecular weight excluding hydrogens is 330 g/mol. The molecule has 3 rings (SSSR count). The minimum absolute atomic E-state index is 0.00743. The van der Waals surface area contributed by atoms with Crippen LogP contribution in [0.4, 0.5) is 0 Å². The second-order valence-corrected chi connectivity index (χ2v) is 6.46. The summed E-state index contributed by atoms with van der Waals surface area (Å²) < 4.78 is 1.86. The van der Waals surface area contributed by atoms with E-state index in [1.54, 1.807) is 13.1 Å². The zero-order valence-electron chi connectivity index (χ0n) is 15.5. The molecule has 7 heteroatoms. The van der Waals surface area contributed by atoms with E-state index in [1.807, 2.05) is 36.6 Å². The SMILES string of the molecule is CCc1cccc2c(C(C)=O)cn(CC(=O)NC(C)c3n[nH]c(C)n3)c12. The zero-order valence-corrected chi connectivity index (χ0v) is 15.5. The van der Waals surface area contributed by atoms with Gasteiger partial charge in [0, 0.05) is 17.1 Å². The Kier molecular flexibility index (Phi) is 4.88. The normalized spacial score (nSPS) is 12.3. The van der Waals surface area contributed by atoms with Gasteiger partial charge in [-0.15, -0.1) is 0 Å². The van der Waals surface area contributed by atoms with E-state index >= 15 is 0 Å². The van der Waals surface area contributed by atoms with Gasteiger partial charge in [0.05, 0.1) is 11.6 Å². The van der Waals surface area contributed by atoms with Gasteiger partial charge < -0.3 is 9.88 Å². The zero-order chi connectivity index (χ0) is 18.8. The largest absolute Gasteiger partial charge is 0.345 e. The number of carbonyl (C=O) groups is 2. The summed E-state index contributed by atoms with van der Waals surface area (Å²) in [7, 11) is 0. The fourth-order valence-corrected chi connectivity index (χ4v) is 3.19. The first-order chi connectivity index (χ1) is 12.4. The van der Waals surface area contributed by atoms with E-state index in [2.05, 4.69) is 27.4 Å². The predicted octanol–water partition coefficient (Wildman–Crippen LogP) is 2.71. The van der Waals surface area contributed by atoms with Crippen molar-refractivity contribution in [1.82, 2.24) is 25.1 Å². The lowest BCUT2D eigenvalue weighted by molar-refractivity contribution is -0.122. The van der Waals surface area contributed by atoms with Crippen LogP contribution in [0.5, 0.6) is 0 Å². The topological polar surface area (TPSA) is 92.7 Å². The fourth-order valence-electron chi connectivity index (χ4n) is 3.19. The Morgan fingerprint density at radius 2 is 2.12 bits per heavy atom. The van der Waals surface area contributed by atoms with Crippen LogP contribution in [0.25, 0.3) is 10.9 Å². The number of fused-ring (bicyclic) bond motifs is 1. The third kappa shape index (κ3) is 3.37. The minimum Gasteiger partial charge on any atom is -0.345 e. The number of hydrogen-bond acceptors (Lipinski definition) is 4. The molecule has 7 nitrogen and oxygen atoms in total. The maximum atomic E-state index is 12.5. The number of para-hydroxylation sites is 1. The maximum Gasteiger partial charge on any atom is 0.240 e. The van der Waals surface area contributed by atoms with E-state index in [9.17, 15) is 9.59 Å². The van der Waals surface area contributed by atoms with Crippen LogP contribution in [0, 0.1) is 6.92 Å². The van der Waals surface area contributed by atoms with Crippen molar-refractivity contribution in [3.63, 3.8) is 0 Å². The van der Waals surface area contributed by atoms with Gasteiger partial charge in [0.2, 0.25) is 5.91 Å². The van der Waals surface area contributed by atoms with Crippen LogP contribution < -0.4 is 5.32 Å². The van der Waals surface area contributed by atoms with E-state index < -0.39 is 0 Å². The number of ketones is 1. The monoisotopic (exact) mass is 353 g/mol. The van der Waals surface area contributed by atoms with Crippen LogP contribution >= 0.6 is 0 Å². The summed E-state index contributed by atoms with van der Waals surface area (Å²) in [5, 5.41) is 10.7. The molecule has 3 aromatic rings. The summed E-state index contributed by atoms with van der Waals surface area (Å²) in [5.74, 6) is 1.09. The predicted molar refractivity (Wildman–Crippen MR) is 99.0 cm³/mol. The van der Waals surface area contributed by atoms with Crippen LogP contribution in [0.2, 0.25) is 0 Å². The number of aromatic amines is 1. The first-order valence-corrected chi connectivity index (χ1v) is 8.70. The summed E-state index contributed by atoms with van der Waals surface area (Å²) in [4.78, 5) is 28.8. The van der Waals surface area contributed by atoms with E-state index in [0.717, 1.165) is 22.9 Å². The van der Waals surface area contributed by atoms with Gasteiger partial charge in [-0.25, -0.2) is 4.98 Å². The standard InChI is InChI=1S/C19H23N5O2/c1-5-14-7-6-8-15-16(12(3)25)9-24(18(14)15)10-17(26)20-11(2)19-21-13(4)22-23-19/h6-9,11H,5,10H2,1-4H3,(H,20,26)(H,21,22,23). The quantitative estimate of drug-likeness (QED) is 0.666. The number of aromatic nitrogens is 4. The molecular formula is C19H23N5O2. The van der Waals surface area contributed by atoms with Crippen LogP contribution in [0.15, 0.2) is 24.4 Å². The average molecular weight is 353 g/mol. The Hall–Kier alpha value is -2.96. The number of amides is 1. The second kappa shape index (κ2) is 7.11. The van der Waals surface area contributed by atoms with Gasteiger partial charge in [-0.1, -0.05) is 25.1 Å². The molecule has 0 aliphatic heterocycles. The third-order valence-electron chi connectivity index (χ3n) is 4.44. The summed E-state index contributed by atoms with van der Waals surface area (Å²) in [5.41, 5.74) is 2.69. The fraction of sp³-hybridized carbons (Fsp3) is 0.368. The number of carbonyl (C=O) groups excluding carboxylic acids is 2. The van der Waals surface area contributed by atoms with E-state index in [1.165, 1.54) is 0 Å². The third-order valence-corrected chi connectivity index (χ3v) is 4.44. The van der Waals surface area contributed by atoms with Crippen LogP contribution in [0.1, 0.15) is 54.4 Å². The van der Waals surface area contributed by atoms with Crippen molar-refractivity contribution in [3.05, 3.63) is 47.2 Å². The molecule has 1 amide bonds. The molecule has 0 bridgehead atoms. The lowest BCUT2D eigenvalue weighted by Gasteiger charge is -2.12. The molecule has 26 heavy (non-hydrogen) atoms. The van der Waals surface area contributed by atoms with Crippen molar-refractivity contribution in [3.8, 4) is 0 Å². The van der Waals surface area contributed by atoms with Crippen molar-refractivity contribution in [1.29, 1.82) is 0 Å². The van der Waals surface area contributed by atoms with Gasteiger partial charge in [-0.05, 0) is 32.8 Å². The summed E-state index contributed by atoms with van der Waals surface area (Å²) >= 11 is 0. The Labute approximate surface area is 151 Å². The van der Waals surface area contributed by atoms with Crippen LogP contribution in [-0.2, 0) is 17.8 Å². The lowest BCUT2D eigenvalue weighted by Crippen LogP contribution is -2.30. The second-order valence-electron chi connectivity index (χ2n) is 6.46. The molecule has 136 valence electrons. The van der Waals surface area contributed by atoms with Crippen molar-refractivity contribution in [2.45, 2.75) is 46.7 Å². The number of aryl methyl sites for hydroxylation is 2. The Bertz CT molecular complexity index is 970. The highest BCUT2D eigenvalue weighted by Crippen LogP contribution is 2.26. The van der Waals surface area contributed by atoms with Crippen molar-refractivity contribution >= 4 is 22.6 Å². The smallest absolute Gasteiger partial charge is 0.240 e. The highest BCUT2D eigenvalue weighted by molar-refractivity contribution is 6.07. The van der Waals surface area contributed by atoms with E-state index in [-0.39, 0.29) is 24.3 Å². The number of Topliss-reactive ketones (excluding diaryl/α,β-unsaturated/α-hetero) is 1. The van der Waals surface area contributed by atoms with Gasteiger partial charge in [0.15, 0.2) is 11.6 Å². The molecule has 2 heterocycles. The van der Waals surface area contributed by atoms with Crippen molar-refractivity contribution in [2.75, 3.05) is 0 Å². The van der Waals surface area contributed by atoms with Gasteiger partial charge in [0.1, 0.15) is 12.4 Å². The lowest BCUT2D eigenvalue weighted by atomic mass is 10.1. The molecule has 1 aromatic carbocycles. The summed E-state index contributed by atoms with van der Waals surface area (Å²) in [6, 6.07) is 5.61. The number of nitrogens with one attached hydrogen (secondary N) is 2. The Balaban J connectivity index is 1.88. The molecule has 0 radical (unpaired) electrons. The molecule has 0 saturated carbocycles. The van der Waals surface area contributed by atoms with E-state index in [0.29, 0.717) is 17.2 Å². The average Bonchev–Trinajstić information content (AvgIpc) is 3.19. The van der Waals surface area contributed by atoms with Crippen LogP contribution in [0.3, 0.4) is 0 Å². The molecule has 2 N–H and O–H groups in total. The Morgan fingerprint density at radius 3 is 2.73 bits per heavy atom. The first-order valence-electron chi connectivity index (χ1n) is 8.70. The van der Waals surface area contributed by atoms with Crippen molar-refractivity contribution in [2.24, 2.45) is 0 Å². The maximum absolute atomic E-state index is 12.5.